The SMILES string of the molecule is COCCOc1cc2[nH]nc(-c3cc(-c4ccc(C(=O)N5CCN([C@H]6CCOC6)CC5)cc4)no3)c2cc1F. The fraction of sp³-hybridized carbons (Fsp3) is 0.393. The van der Waals surface area contributed by atoms with Gasteiger partial charge in [0.15, 0.2) is 17.3 Å². The monoisotopic (exact) mass is 535 g/mol. The molecule has 2 aliphatic rings. The van der Waals surface area contributed by atoms with Crippen molar-refractivity contribution in [2.75, 3.05) is 59.7 Å². The third kappa shape index (κ3) is 5.25. The van der Waals surface area contributed by atoms with Gasteiger partial charge in [0.1, 0.15) is 18.0 Å². The summed E-state index contributed by atoms with van der Waals surface area (Å²) in [6.45, 7) is 5.37. The quantitative estimate of drug-likeness (QED) is 0.341. The van der Waals surface area contributed by atoms with Gasteiger partial charge in [-0.05, 0) is 24.6 Å². The van der Waals surface area contributed by atoms with E-state index in [1.807, 2.05) is 29.2 Å². The predicted octanol–water partition coefficient (Wildman–Crippen LogP) is 3.60. The van der Waals surface area contributed by atoms with E-state index in [-0.39, 0.29) is 18.3 Å². The first kappa shape index (κ1) is 25.5. The molecule has 0 saturated carbocycles. The third-order valence-corrected chi connectivity index (χ3v) is 7.36. The van der Waals surface area contributed by atoms with Crippen LogP contribution in [-0.4, -0.2) is 96.8 Å². The number of hydrogen-bond donors (Lipinski definition) is 1. The summed E-state index contributed by atoms with van der Waals surface area (Å²) < 4.78 is 36.1. The molecule has 11 heteroatoms. The minimum Gasteiger partial charge on any atom is -0.488 e. The molecule has 10 nitrogen and oxygen atoms in total. The number of piperazine rings is 1. The Labute approximate surface area is 224 Å². The highest BCUT2D eigenvalue weighted by Crippen LogP contribution is 2.33. The summed E-state index contributed by atoms with van der Waals surface area (Å²) in [6, 6.07) is 12.5. The van der Waals surface area contributed by atoms with Crippen molar-refractivity contribution in [3.05, 3.63) is 53.8 Å². The second-order valence-electron chi connectivity index (χ2n) is 9.74. The maximum absolute atomic E-state index is 14.6. The van der Waals surface area contributed by atoms with Crippen molar-refractivity contribution in [3.63, 3.8) is 0 Å². The molecule has 1 N–H and O–H groups in total. The molecule has 0 bridgehead atoms. The van der Waals surface area contributed by atoms with Crippen LogP contribution in [0.3, 0.4) is 0 Å². The maximum atomic E-state index is 14.6. The number of nitrogens with one attached hydrogen (secondary N) is 1. The van der Waals surface area contributed by atoms with Crippen molar-refractivity contribution >= 4 is 16.8 Å². The Morgan fingerprint density at radius 1 is 1.13 bits per heavy atom. The lowest BCUT2D eigenvalue weighted by Crippen LogP contribution is -2.52. The Balaban J connectivity index is 1.13. The number of hydrogen-bond acceptors (Lipinski definition) is 8. The van der Waals surface area contributed by atoms with Crippen LogP contribution in [-0.2, 0) is 9.47 Å². The summed E-state index contributed by atoms with van der Waals surface area (Å²) in [5.41, 5.74) is 3.08. The topological polar surface area (TPSA) is 106 Å². The van der Waals surface area contributed by atoms with Crippen molar-refractivity contribution in [1.29, 1.82) is 0 Å². The van der Waals surface area contributed by atoms with E-state index >= 15 is 0 Å². The van der Waals surface area contributed by atoms with Crippen LogP contribution in [0.2, 0.25) is 0 Å². The molecular weight excluding hydrogens is 505 g/mol. The van der Waals surface area contributed by atoms with Crippen molar-refractivity contribution in [2.24, 2.45) is 0 Å². The summed E-state index contributed by atoms with van der Waals surface area (Å²) in [6.07, 6.45) is 1.07. The normalized spacial score (nSPS) is 18.2. The van der Waals surface area contributed by atoms with Crippen LogP contribution in [0.25, 0.3) is 33.6 Å². The molecule has 204 valence electrons. The largest absolute Gasteiger partial charge is 0.488 e. The van der Waals surface area contributed by atoms with Crippen LogP contribution in [0.4, 0.5) is 4.39 Å². The fourth-order valence-electron chi connectivity index (χ4n) is 5.14. The highest BCUT2D eigenvalue weighted by atomic mass is 19.1. The third-order valence-electron chi connectivity index (χ3n) is 7.36. The number of rotatable bonds is 8. The summed E-state index contributed by atoms with van der Waals surface area (Å²) >= 11 is 0. The molecule has 1 atom stereocenters. The first-order chi connectivity index (χ1) is 19.1. The number of carbonyl (C=O) groups is 1. The van der Waals surface area contributed by atoms with Gasteiger partial charge in [0.05, 0.1) is 18.7 Å². The van der Waals surface area contributed by atoms with Crippen LogP contribution in [0, 0.1) is 5.82 Å². The Bertz CT molecular complexity index is 1440. The van der Waals surface area contributed by atoms with Crippen LogP contribution < -0.4 is 4.74 Å². The van der Waals surface area contributed by atoms with Gasteiger partial charge >= 0.3 is 0 Å². The van der Waals surface area contributed by atoms with E-state index in [1.54, 1.807) is 19.2 Å². The zero-order valence-electron chi connectivity index (χ0n) is 21.7. The van der Waals surface area contributed by atoms with E-state index in [9.17, 15) is 9.18 Å². The minimum absolute atomic E-state index is 0.0281. The van der Waals surface area contributed by atoms with Gasteiger partial charge in [-0.25, -0.2) is 4.39 Å². The molecule has 0 spiro atoms. The first-order valence-electron chi connectivity index (χ1n) is 13.1. The second-order valence-corrected chi connectivity index (χ2v) is 9.74. The number of aromatic nitrogens is 3. The number of amides is 1. The average molecular weight is 536 g/mol. The van der Waals surface area contributed by atoms with Crippen molar-refractivity contribution in [1.82, 2.24) is 25.2 Å². The second kappa shape index (κ2) is 11.1. The number of ether oxygens (including phenoxy) is 3. The van der Waals surface area contributed by atoms with E-state index in [0.717, 1.165) is 38.3 Å². The molecule has 2 saturated heterocycles. The van der Waals surface area contributed by atoms with Crippen LogP contribution in [0.1, 0.15) is 16.8 Å². The zero-order chi connectivity index (χ0) is 26.8. The molecule has 0 aliphatic carbocycles. The Morgan fingerprint density at radius 3 is 2.69 bits per heavy atom. The Morgan fingerprint density at radius 2 is 1.95 bits per heavy atom. The molecule has 0 radical (unpaired) electrons. The van der Waals surface area contributed by atoms with Gasteiger partial charge in [0.2, 0.25) is 0 Å². The van der Waals surface area contributed by atoms with E-state index in [1.165, 1.54) is 6.07 Å². The van der Waals surface area contributed by atoms with Crippen LogP contribution in [0.5, 0.6) is 5.75 Å². The number of halogens is 1. The van der Waals surface area contributed by atoms with Crippen LogP contribution in [0.15, 0.2) is 47.0 Å². The van der Waals surface area contributed by atoms with Gasteiger partial charge in [-0.1, -0.05) is 17.3 Å². The lowest BCUT2D eigenvalue weighted by molar-refractivity contribution is 0.0549. The smallest absolute Gasteiger partial charge is 0.253 e. The molecule has 0 unspecified atom stereocenters. The van der Waals surface area contributed by atoms with Gasteiger partial charge in [-0.2, -0.15) is 5.10 Å². The molecule has 6 rings (SSSR count). The summed E-state index contributed by atoms with van der Waals surface area (Å²) in [5, 5.41) is 11.9. The van der Waals surface area contributed by atoms with Gasteiger partial charge in [0.25, 0.3) is 5.91 Å². The highest BCUT2D eigenvalue weighted by Gasteiger charge is 2.28. The number of H-pyrrole nitrogens is 1. The lowest BCUT2D eigenvalue weighted by Gasteiger charge is -2.37. The first-order valence-corrected chi connectivity index (χ1v) is 13.1. The molecule has 2 aromatic heterocycles. The van der Waals surface area contributed by atoms with E-state index in [0.29, 0.717) is 59.4 Å². The van der Waals surface area contributed by atoms with Crippen LogP contribution >= 0.6 is 0 Å². The van der Waals surface area contributed by atoms with Crippen molar-refractivity contribution < 1.29 is 27.9 Å². The standard InChI is InChI=1S/C28H30FN5O5/c1-36-12-13-38-25-16-24-21(14-22(25)29)27(31-30-24)26-15-23(32-39-26)18-2-4-19(5-3-18)28(35)34-9-7-33(8-10-34)20-6-11-37-17-20/h2-5,14-16,20H,6-13,17H2,1H3,(H,30,31)/t20-/m0/s1. The van der Waals surface area contributed by atoms with Gasteiger partial charge in [0, 0.05) is 74.6 Å². The van der Waals surface area contributed by atoms with Crippen molar-refractivity contribution in [2.45, 2.75) is 12.5 Å². The van der Waals surface area contributed by atoms with Gasteiger partial charge in [-0.3, -0.25) is 14.8 Å². The molecule has 39 heavy (non-hydrogen) atoms. The number of methoxy groups -OCH3 is 1. The number of benzene rings is 2. The molecule has 4 aromatic rings. The summed E-state index contributed by atoms with van der Waals surface area (Å²) in [7, 11) is 1.56. The molecule has 2 aromatic carbocycles. The molecule has 4 heterocycles. The van der Waals surface area contributed by atoms with E-state index < -0.39 is 5.82 Å². The number of nitrogens with zero attached hydrogens (tertiary/aromatic N) is 4. The van der Waals surface area contributed by atoms with Gasteiger partial charge < -0.3 is 23.6 Å². The fourth-order valence-corrected chi connectivity index (χ4v) is 5.14. The van der Waals surface area contributed by atoms with Crippen molar-refractivity contribution in [3.8, 4) is 28.5 Å². The number of carbonyl (C=O) groups excluding carboxylic acids is 1. The Kier molecular flexibility index (Phi) is 7.27. The van der Waals surface area contributed by atoms with E-state index in [2.05, 4.69) is 20.3 Å². The molecule has 2 aliphatic heterocycles. The predicted molar refractivity (Wildman–Crippen MR) is 141 cm³/mol. The lowest BCUT2D eigenvalue weighted by atomic mass is 10.1. The molecule has 2 fully saturated rings. The summed E-state index contributed by atoms with van der Waals surface area (Å²) in [5.74, 6) is 0.0397. The maximum Gasteiger partial charge on any atom is 0.253 e. The number of aromatic amines is 1. The average Bonchev–Trinajstić information content (AvgIpc) is 3.74. The zero-order valence-corrected chi connectivity index (χ0v) is 21.7. The highest BCUT2D eigenvalue weighted by molar-refractivity contribution is 5.95. The molecular formula is C28H30FN5O5. The van der Waals surface area contributed by atoms with E-state index in [4.69, 9.17) is 18.7 Å². The number of fused-ring (bicyclic) bond motifs is 1. The summed E-state index contributed by atoms with van der Waals surface area (Å²) in [4.78, 5) is 17.4. The minimum atomic E-state index is -0.504. The Hall–Kier alpha value is -3.80. The van der Waals surface area contributed by atoms with Gasteiger partial charge in [-0.15, -0.1) is 0 Å². The molecule has 1 amide bonds.